The molecule has 0 bridgehead atoms. The first-order chi connectivity index (χ1) is 9.85. The van der Waals surface area contributed by atoms with Gasteiger partial charge in [0.25, 0.3) is 0 Å². The Morgan fingerprint density at radius 2 is 2.14 bits per heavy atom. The van der Waals surface area contributed by atoms with E-state index in [1.54, 1.807) is 19.1 Å². The van der Waals surface area contributed by atoms with Crippen molar-refractivity contribution in [2.24, 2.45) is 0 Å². The Balaban J connectivity index is 2.38. The number of halogens is 1. The summed E-state index contributed by atoms with van der Waals surface area (Å²) in [6.45, 7) is 2.56. The largest absolute Gasteiger partial charge is 0.468 e. The number of rotatable bonds is 5. The summed E-state index contributed by atoms with van der Waals surface area (Å²) in [6, 6.07) is 5.08. The molecule has 7 heteroatoms. The van der Waals surface area contributed by atoms with Crippen LogP contribution in [0.25, 0.3) is 0 Å². The van der Waals surface area contributed by atoms with Gasteiger partial charge >= 0.3 is 0 Å². The van der Waals surface area contributed by atoms with Crippen molar-refractivity contribution >= 4 is 10.0 Å². The minimum Gasteiger partial charge on any atom is -0.468 e. The van der Waals surface area contributed by atoms with Gasteiger partial charge < -0.3 is 9.52 Å². The number of nitrogens with one attached hydrogen (secondary N) is 1. The zero-order chi connectivity index (χ0) is 15.6. The fraction of sp³-hybridized carbons (Fsp3) is 0.286. The molecule has 21 heavy (non-hydrogen) atoms. The van der Waals surface area contributed by atoms with Crippen LogP contribution in [0, 0.1) is 12.7 Å². The van der Waals surface area contributed by atoms with Crippen LogP contribution in [0.4, 0.5) is 4.39 Å². The molecule has 0 aliphatic heterocycles. The molecular weight excluding hydrogens is 297 g/mol. The third-order valence-electron chi connectivity index (χ3n) is 3.13. The first kappa shape index (κ1) is 15.7. The van der Waals surface area contributed by atoms with Gasteiger partial charge in [0.1, 0.15) is 11.6 Å². The molecule has 2 rings (SSSR count). The molecule has 1 unspecified atom stereocenters. The molecule has 1 heterocycles. The molecule has 0 aliphatic carbocycles. The average Bonchev–Trinajstić information content (AvgIpc) is 2.95. The average molecular weight is 313 g/mol. The lowest BCUT2D eigenvalue weighted by Gasteiger charge is -2.15. The van der Waals surface area contributed by atoms with E-state index >= 15 is 0 Å². The maximum atomic E-state index is 13.7. The van der Waals surface area contributed by atoms with Crippen LogP contribution in [0.5, 0.6) is 0 Å². The molecule has 1 aromatic carbocycles. The van der Waals surface area contributed by atoms with E-state index in [9.17, 15) is 12.8 Å². The van der Waals surface area contributed by atoms with Crippen molar-refractivity contribution < 1.29 is 22.3 Å². The summed E-state index contributed by atoms with van der Waals surface area (Å²) >= 11 is 0. The zero-order valence-corrected chi connectivity index (χ0v) is 12.4. The maximum absolute atomic E-state index is 13.7. The maximum Gasteiger partial charge on any atom is 0.241 e. The van der Waals surface area contributed by atoms with Crippen LogP contribution in [0.3, 0.4) is 0 Å². The van der Waals surface area contributed by atoms with Gasteiger partial charge in [0, 0.05) is 5.56 Å². The van der Waals surface area contributed by atoms with Crippen LogP contribution in [-0.2, 0) is 16.6 Å². The van der Waals surface area contributed by atoms with Gasteiger partial charge in [-0.3, -0.25) is 0 Å². The molecule has 0 aliphatic rings. The Hall–Kier alpha value is -1.70. The van der Waals surface area contributed by atoms with Crippen molar-refractivity contribution in [3.05, 3.63) is 53.2 Å². The van der Waals surface area contributed by atoms with Gasteiger partial charge in [-0.25, -0.2) is 17.5 Å². The standard InChI is InChI=1S/C14H16FNO4S/c1-9-12(15)6-11(8-17)7-14(9)21(18,19)16-10(2)13-4-3-5-20-13/h3-7,10,16-17H,8H2,1-2H3. The van der Waals surface area contributed by atoms with Crippen molar-refractivity contribution in [3.63, 3.8) is 0 Å². The highest BCUT2D eigenvalue weighted by molar-refractivity contribution is 7.89. The Morgan fingerprint density at radius 3 is 2.71 bits per heavy atom. The molecule has 1 atom stereocenters. The SMILES string of the molecule is Cc1c(F)cc(CO)cc1S(=O)(=O)NC(C)c1ccco1. The van der Waals surface area contributed by atoms with Gasteiger partial charge in [-0.15, -0.1) is 0 Å². The second-order valence-electron chi connectivity index (χ2n) is 4.72. The number of furan rings is 1. The van der Waals surface area contributed by atoms with E-state index in [2.05, 4.69) is 4.72 Å². The van der Waals surface area contributed by atoms with Crippen LogP contribution in [0.15, 0.2) is 39.8 Å². The summed E-state index contributed by atoms with van der Waals surface area (Å²) in [5.41, 5.74) is 0.204. The van der Waals surface area contributed by atoms with Gasteiger partial charge in [-0.2, -0.15) is 0 Å². The van der Waals surface area contributed by atoms with Crippen molar-refractivity contribution in [2.45, 2.75) is 31.4 Å². The summed E-state index contributed by atoms with van der Waals surface area (Å²) in [7, 11) is -3.93. The van der Waals surface area contributed by atoms with Gasteiger partial charge in [-0.05, 0) is 43.7 Å². The summed E-state index contributed by atoms with van der Waals surface area (Å²) in [5, 5.41) is 9.08. The molecule has 2 aromatic rings. The number of aliphatic hydroxyl groups is 1. The molecular formula is C14H16FNO4S. The summed E-state index contributed by atoms with van der Waals surface area (Å²) in [4.78, 5) is -0.190. The lowest BCUT2D eigenvalue weighted by atomic mass is 10.1. The van der Waals surface area contributed by atoms with Crippen molar-refractivity contribution in [2.75, 3.05) is 0 Å². The van der Waals surface area contributed by atoms with E-state index in [-0.39, 0.29) is 16.0 Å². The highest BCUT2D eigenvalue weighted by Crippen LogP contribution is 2.23. The van der Waals surface area contributed by atoms with Crippen molar-refractivity contribution in [3.8, 4) is 0 Å². The van der Waals surface area contributed by atoms with E-state index in [0.717, 1.165) is 6.07 Å². The van der Waals surface area contributed by atoms with E-state index < -0.39 is 28.5 Å². The van der Waals surface area contributed by atoms with Crippen LogP contribution in [0.2, 0.25) is 0 Å². The molecule has 0 spiro atoms. The normalized spacial score (nSPS) is 13.3. The number of sulfonamides is 1. The molecule has 0 saturated carbocycles. The number of hydrogen-bond acceptors (Lipinski definition) is 4. The molecule has 0 fully saturated rings. The van der Waals surface area contributed by atoms with E-state index in [1.807, 2.05) is 0 Å². The lowest BCUT2D eigenvalue weighted by molar-refractivity contribution is 0.281. The third-order valence-corrected chi connectivity index (χ3v) is 4.80. The quantitative estimate of drug-likeness (QED) is 0.887. The van der Waals surface area contributed by atoms with Gasteiger partial charge in [-0.1, -0.05) is 0 Å². The molecule has 1 aromatic heterocycles. The summed E-state index contributed by atoms with van der Waals surface area (Å²) < 4.78 is 46.1. The highest BCUT2D eigenvalue weighted by atomic mass is 32.2. The second kappa shape index (κ2) is 5.97. The van der Waals surface area contributed by atoms with Crippen LogP contribution in [-0.4, -0.2) is 13.5 Å². The fourth-order valence-electron chi connectivity index (χ4n) is 1.97. The Labute approximate surface area is 122 Å². The van der Waals surface area contributed by atoms with Crippen molar-refractivity contribution in [1.29, 1.82) is 0 Å². The highest BCUT2D eigenvalue weighted by Gasteiger charge is 2.23. The second-order valence-corrected chi connectivity index (χ2v) is 6.40. The predicted molar refractivity (Wildman–Crippen MR) is 74.5 cm³/mol. The third kappa shape index (κ3) is 3.31. The van der Waals surface area contributed by atoms with Gasteiger partial charge in [0.15, 0.2) is 0 Å². The van der Waals surface area contributed by atoms with Gasteiger partial charge in [0.05, 0.1) is 23.8 Å². The predicted octanol–water partition coefficient (Wildman–Crippen LogP) is 2.26. The number of hydrogen-bond donors (Lipinski definition) is 2. The molecule has 0 saturated heterocycles. The lowest BCUT2D eigenvalue weighted by Crippen LogP contribution is -2.27. The summed E-state index contributed by atoms with van der Waals surface area (Å²) in [5.74, 6) is -0.220. The van der Waals surface area contributed by atoms with Crippen LogP contribution in [0.1, 0.15) is 29.9 Å². The summed E-state index contributed by atoms with van der Waals surface area (Å²) in [6.07, 6.45) is 1.44. The zero-order valence-electron chi connectivity index (χ0n) is 11.6. The molecule has 0 amide bonds. The first-order valence-corrected chi connectivity index (χ1v) is 7.79. The molecule has 2 N–H and O–H groups in total. The van der Waals surface area contributed by atoms with Crippen LogP contribution < -0.4 is 4.72 Å². The monoisotopic (exact) mass is 313 g/mol. The number of benzene rings is 1. The topological polar surface area (TPSA) is 79.5 Å². The van der Waals surface area contributed by atoms with Gasteiger partial charge in [0.2, 0.25) is 10.0 Å². The Morgan fingerprint density at radius 1 is 1.43 bits per heavy atom. The van der Waals surface area contributed by atoms with Crippen LogP contribution >= 0.6 is 0 Å². The number of aliphatic hydroxyl groups excluding tert-OH is 1. The molecule has 5 nitrogen and oxygen atoms in total. The smallest absolute Gasteiger partial charge is 0.241 e. The van der Waals surface area contributed by atoms with E-state index in [0.29, 0.717) is 5.76 Å². The van der Waals surface area contributed by atoms with E-state index in [1.165, 1.54) is 19.3 Å². The first-order valence-electron chi connectivity index (χ1n) is 6.30. The minimum atomic E-state index is -3.93. The Kier molecular flexibility index (Phi) is 4.46. The molecule has 114 valence electrons. The minimum absolute atomic E-state index is 0.00587. The Bertz CT molecular complexity index is 726. The molecule has 0 radical (unpaired) electrons. The fourth-order valence-corrected chi connectivity index (χ4v) is 3.49. The van der Waals surface area contributed by atoms with Crippen molar-refractivity contribution in [1.82, 2.24) is 4.72 Å². The van der Waals surface area contributed by atoms with E-state index in [4.69, 9.17) is 9.52 Å².